The van der Waals surface area contributed by atoms with Gasteiger partial charge in [0.1, 0.15) is 6.04 Å². The molecule has 12 heteroatoms. The SMILES string of the molecule is N[C@@H](CCCCN(S(=O)(=O)c1ccc(Br)cc1)S(=O)(=O)c1ccc(Br)cc1)C(=O)O. The van der Waals surface area contributed by atoms with Crippen LogP contribution in [-0.2, 0) is 24.8 Å². The average molecular weight is 584 g/mol. The molecular formula is C18H20Br2N2O6S2. The number of hydrogen-bond donors (Lipinski definition) is 2. The highest BCUT2D eigenvalue weighted by molar-refractivity contribution is 9.10. The van der Waals surface area contributed by atoms with E-state index in [9.17, 15) is 21.6 Å². The number of benzene rings is 2. The second-order valence-electron chi connectivity index (χ2n) is 6.35. The van der Waals surface area contributed by atoms with Gasteiger partial charge in [-0.25, -0.2) is 16.8 Å². The number of carboxylic acid groups (broad SMARTS) is 1. The van der Waals surface area contributed by atoms with Gasteiger partial charge in [-0.3, -0.25) is 4.79 Å². The van der Waals surface area contributed by atoms with E-state index in [1.165, 1.54) is 48.5 Å². The predicted octanol–water partition coefficient (Wildman–Crippen LogP) is 3.17. The van der Waals surface area contributed by atoms with Crippen molar-refractivity contribution in [1.82, 2.24) is 3.71 Å². The fourth-order valence-corrected chi connectivity index (χ4v) is 6.79. The minimum absolute atomic E-state index is 0.0971. The van der Waals surface area contributed by atoms with Crippen molar-refractivity contribution < 1.29 is 26.7 Å². The Morgan fingerprint density at radius 1 is 0.867 bits per heavy atom. The van der Waals surface area contributed by atoms with Gasteiger partial charge in [0.05, 0.1) is 9.79 Å². The molecule has 0 amide bonds. The summed E-state index contributed by atoms with van der Waals surface area (Å²) in [4.78, 5) is 10.5. The maximum atomic E-state index is 13.2. The average Bonchev–Trinajstić information content (AvgIpc) is 2.67. The van der Waals surface area contributed by atoms with Crippen LogP contribution >= 0.6 is 31.9 Å². The molecule has 0 aliphatic carbocycles. The molecule has 0 aliphatic heterocycles. The highest BCUT2D eigenvalue weighted by Crippen LogP contribution is 2.27. The van der Waals surface area contributed by atoms with Gasteiger partial charge >= 0.3 is 5.97 Å². The van der Waals surface area contributed by atoms with E-state index in [-0.39, 0.29) is 35.6 Å². The van der Waals surface area contributed by atoms with E-state index in [2.05, 4.69) is 31.9 Å². The summed E-state index contributed by atoms with van der Waals surface area (Å²) in [6.45, 7) is -0.344. The maximum absolute atomic E-state index is 13.2. The molecule has 30 heavy (non-hydrogen) atoms. The minimum atomic E-state index is -4.39. The zero-order valence-corrected chi connectivity index (χ0v) is 20.4. The van der Waals surface area contributed by atoms with Crippen molar-refractivity contribution in [3.63, 3.8) is 0 Å². The molecule has 0 unspecified atom stereocenters. The highest BCUT2D eigenvalue weighted by Gasteiger charge is 2.36. The van der Waals surface area contributed by atoms with Crippen LogP contribution in [0.15, 0.2) is 67.3 Å². The largest absolute Gasteiger partial charge is 0.480 e. The molecule has 0 fully saturated rings. The van der Waals surface area contributed by atoms with Gasteiger partial charge in [0.2, 0.25) is 0 Å². The summed E-state index contributed by atoms with van der Waals surface area (Å²) in [7, 11) is -8.77. The first-order chi connectivity index (χ1) is 14.0. The van der Waals surface area contributed by atoms with Crippen LogP contribution in [0.5, 0.6) is 0 Å². The van der Waals surface area contributed by atoms with Crippen molar-refractivity contribution in [3.8, 4) is 0 Å². The van der Waals surface area contributed by atoms with Crippen LogP contribution in [0.2, 0.25) is 0 Å². The van der Waals surface area contributed by atoms with Crippen LogP contribution in [0.25, 0.3) is 0 Å². The van der Waals surface area contributed by atoms with Crippen molar-refractivity contribution in [2.45, 2.75) is 35.1 Å². The number of hydrogen-bond acceptors (Lipinski definition) is 6. The summed E-state index contributed by atoms with van der Waals surface area (Å²) in [5.41, 5.74) is 5.46. The first-order valence-electron chi connectivity index (χ1n) is 8.73. The Labute approximate surface area is 192 Å². The number of rotatable bonds is 10. The molecule has 0 spiro atoms. The Morgan fingerprint density at radius 3 is 1.63 bits per heavy atom. The molecule has 2 aromatic carbocycles. The molecule has 3 N–H and O–H groups in total. The summed E-state index contributed by atoms with van der Waals surface area (Å²) in [5.74, 6) is -1.17. The van der Waals surface area contributed by atoms with Gasteiger partial charge in [0.15, 0.2) is 0 Å². The van der Waals surface area contributed by atoms with E-state index >= 15 is 0 Å². The molecule has 164 valence electrons. The standard InChI is InChI=1S/C18H20Br2N2O6S2/c19-13-4-8-15(9-5-13)29(25,26)22(12-2-1-3-17(21)18(23)24)30(27,28)16-10-6-14(20)7-11-16/h4-11,17H,1-3,12,21H2,(H,23,24)/t17-/m0/s1. The zero-order chi connectivity index (χ0) is 22.5. The fraction of sp³-hybridized carbons (Fsp3) is 0.278. The van der Waals surface area contributed by atoms with Gasteiger partial charge in [-0.1, -0.05) is 35.6 Å². The normalized spacial score (nSPS) is 13.3. The molecule has 0 bridgehead atoms. The van der Waals surface area contributed by atoms with E-state index in [1.807, 2.05) is 0 Å². The van der Waals surface area contributed by atoms with Crippen molar-refractivity contribution in [3.05, 3.63) is 57.5 Å². The van der Waals surface area contributed by atoms with Gasteiger partial charge in [-0.15, -0.1) is 0 Å². The molecule has 0 saturated heterocycles. The van der Waals surface area contributed by atoms with Gasteiger partial charge in [0.25, 0.3) is 20.0 Å². The molecular weight excluding hydrogens is 564 g/mol. The van der Waals surface area contributed by atoms with Gasteiger partial charge in [-0.05, 0) is 67.8 Å². The number of carboxylic acids is 1. The van der Waals surface area contributed by atoms with Crippen molar-refractivity contribution >= 4 is 57.9 Å². The number of halogens is 2. The van der Waals surface area contributed by atoms with Crippen molar-refractivity contribution in [2.75, 3.05) is 6.54 Å². The smallest absolute Gasteiger partial charge is 0.320 e. The minimum Gasteiger partial charge on any atom is -0.480 e. The third-order valence-corrected chi connectivity index (χ3v) is 9.59. The lowest BCUT2D eigenvalue weighted by Gasteiger charge is -2.22. The zero-order valence-electron chi connectivity index (χ0n) is 15.6. The molecule has 0 aliphatic rings. The third-order valence-electron chi connectivity index (χ3n) is 4.18. The van der Waals surface area contributed by atoms with Gasteiger partial charge in [-0.2, -0.15) is 0 Å². The Bertz CT molecular complexity index is 1010. The van der Waals surface area contributed by atoms with Crippen molar-refractivity contribution in [1.29, 1.82) is 0 Å². The summed E-state index contributed by atoms with van der Waals surface area (Å²) in [5, 5.41) is 8.86. The second-order valence-corrected chi connectivity index (χ2v) is 12.1. The summed E-state index contributed by atoms with van der Waals surface area (Å²) in [6, 6.07) is 10.2. The van der Waals surface area contributed by atoms with Crippen LogP contribution in [0.4, 0.5) is 0 Å². The number of aliphatic carboxylic acids is 1. The first kappa shape index (κ1) is 25.0. The Morgan fingerprint density at radius 2 is 1.27 bits per heavy atom. The Hall–Kier alpha value is -1.31. The highest BCUT2D eigenvalue weighted by atomic mass is 79.9. The van der Waals surface area contributed by atoms with E-state index in [0.29, 0.717) is 12.7 Å². The monoisotopic (exact) mass is 582 g/mol. The predicted molar refractivity (Wildman–Crippen MR) is 119 cm³/mol. The third kappa shape index (κ3) is 6.11. The molecule has 0 radical (unpaired) electrons. The Balaban J connectivity index is 2.38. The first-order valence-corrected chi connectivity index (χ1v) is 13.2. The van der Waals surface area contributed by atoms with Crippen molar-refractivity contribution in [2.24, 2.45) is 5.73 Å². The van der Waals surface area contributed by atoms with Crippen LogP contribution in [0, 0.1) is 0 Å². The number of unbranched alkanes of at least 4 members (excludes halogenated alkanes) is 1. The quantitative estimate of drug-likeness (QED) is 0.410. The maximum Gasteiger partial charge on any atom is 0.320 e. The molecule has 0 saturated carbocycles. The summed E-state index contributed by atoms with van der Waals surface area (Å²) < 4.78 is 54.4. The van der Waals surface area contributed by atoms with E-state index in [4.69, 9.17) is 10.8 Å². The molecule has 8 nitrogen and oxygen atoms in total. The second kappa shape index (κ2) is 10.3. The molecule has 0 aromatic heterocycles. The van der Waals surface area contributed by atoms with Gasteiger partial charge in [0, 0.05) is 15.5 Å². The molecule has 2 aromatic rings. The molecule has 2 rings (SSSR count). The number of nitrogens with zero attached hydrogens (tertiary/aromatic N) is 1. The lowest BCUT2D eigenvalue weighted by molar-refractivity contribution is -0.138. The van der Waals surface area contributed by atoms with E-state index in [1.54, 1.807) is 0 Å². The fourth-order valence-electron chi connectivity index (χ4n) is 2.55. The lowest BCUT2D eigenvalue weighted by Crippen LogP contribution is -2.38. The van der Waals surface area contributed by atoms with Crippen LogP contribution < -0.4 is 5.73 Å². The van der Waals surface area contributed by atoms with E-state index in [0.717, 1.165) is 0 Å². The number of carbonyl (C=O) groups is 1. The summed E-state index contributed by atoms with van der Waals surface area (Å²) >= 11 is 6.44. The molecule has 1 atom stereocenters. The number of sulfonamides is 2. The lowest BCUT2D eigenvalue weighted by atomic mass is 10.1. The van der Waals surface area contributed by atoms with Crippen LogP contribution in [0.1, 0.15) is 19.3 Å². The molecule has 0 heterocycles. The van der Waals surface area contributed by atoms with E-state index < -0.39 is 32.1 Å². The number of nitrogens with two attached hydrogens (primary N) is 1. The van der Waals surface area contributed by atoms with Crippen LogP contribution in [0.3, 0.4) is 0 Å². The van der Waals surface area contributed by atoms with Gasteiger partial charge < -0.3 is 10.8 Å². The Kier molecular flexibility index (Phi) is 8.60. The van der Waals surface area contributed by atoms with Crippen LogP contribution in [-0.4, -0.2) is 44.2 Å². The topological polar surface area (TPSA) is 135 Å². The summed E-state index contributed by atoms with van der Waals surface area (Å²) in [6.07, 6.45) is 0.460.